The van der Waals surface area contributed by atoms with Crippen LogP contribution in [-0.2, 0) is 0 Å². The first kappa shape index (κ1) is 10.4. The maximum atomic E-state index is 4.22. The highest BCUT2D eigenvalue weighted by atomic mass is 15.2. The first-order chi connectivity index (χ1) is 7.74. The quantitative estimate of drug-likeness (QED) is 0.715. The van der Waals surface area contributed by atoms with E-state index in [1.807, 2.05) is 50.2 Å². The maximum Gasteiger partial charge on any atom is 0.174 e. The minimum atomic E-state index is 0.600. The normalized spacial score (nSPS) is 10.9. The van der Waals surface area contributed by atoms with Crippen LogP contribution in [0.5, 0.6) is 0 Å². The predicted octanol–water partition coefficient (Wildman–Crippen LogP) is 3.51. The Morgan fingerprint density at radius 3 is 1.56 bits per heavy atom. The van der Waals surface area contributed by atoms with E-state index in [-0.39, 0.29) is 0 Å². The monoisotopic (exact) mass is 212 g/mol. The van der Waals surface area contributed by atoms with E-state index in [4.69, 9.17) is 0 Å². The lowest BCUT2D eigenvalue weighted by molar-refractivity contribution is 1.07. The molecular weight excluding hydrogens is 200 g/mol. The highest BCUT2D eigenvalue weighted by Gasteiger charge is 1.93. The molecule has 0 saturated carbocycles. The molecule has 0 aliphatic carbocycles. The molecule has 0 radical (unpaired) electrons. The van der Waals surface area contributed by atoms with Gasteiger partial charge in [-0.15, -0.1) is 10.2 Å². The van der Waals surface area contributed by atoms with E-state index in [1.165, 1.54) is 0 Å². The van der Waals surface area contributed by atoms with Crippen molar-refractivity contribution in [1.82, 2.24) is 9.97 Å². The van der Waals surface area contributed by atoms with Crippen LogP contribution in [0.2, 0.25) is 0 Å². The zero-order valence-corrected chi connectivity index (χ0v) is 9.25. The van der Waals surface area contributed by atoms with Crippen molar-refractivity contribution in [2.45, 2.75) is 13.8 Å². The molecule has 2 heterocycles. The lowest BCUT2D eigenvalue weighted by Gasteiger charge is -1.94. The largest absolute Gasteiger partial charge is 0.232 e. The van der Waals surface area contributed by atoms with Crippen LogP contribution in [0.3, 0.4) is 0 Å². The number of rotatable bonds is 2. The Balaban J connectivity index is 2.21. The Kier molecular flexibility index (Phi) is 3.00. The van der Waals surface area contributed by atoms with Gasteiger partial charge in [0, 0.05) is 11.4 Å². The summed E-state index contributed by atoms with van der Waals surface area (Å²) in [5.74, 6) is 1.20. The van der Waals surface area contributed by atoms with Gasteiger partial charge in [0.05, 0.1) is 0 Å². The van der Waals surface area contributed by atoms with Gasteiger partial charge in [0.2, 0.25) is 0 Å². The second-order valence-corrected chi connectivity index (χ2v) is 3.47. The Hall–Kier alpha value is -2.10. The SMILES string of the molecule is Cc1cccc(/N=N/c2cccc(C)n2)n1. The van der Waals surface area contributed by atoms with Crippen molar-refractivity contribution in [2.24, 2.45) is 10.2 Å². The van der Waals surface area contributed by atoms with Gasteiger partial charge >= 0.3 is 0 Å². The maximum absolute atomic E-state index is 4.22. The van der Waals surface area contributed by atoms with E-state index in [0.717, 1.165) is 11.4 Å². The molecule has 0 spiro atoms. The molecule has 0 saturated heterocycles. The number of azo groups is 1. The first-order valence-corrected chi connectivity index (χ1v) is 5.03. The average molecular weight is 212 g/mol. The third-order valence-electron chi connectivity index (χ3n) is 2.00. The van der Waals surface area contributed by atoms with Gasteiger partial charge in [-0.05, 0) is 38.1 Å². The molecule has 0 N–H and O–H groups in total. The van der Waals surface area contributed by atoms with Gasteiger partial charge in [-0.1, -0.05) is 12.1 Å². The summed E-state index contributed by atoms with van der Waals surface area (Å²) in [6.07, 6.45) is 0. The lowest BCUT2D eigenvalue weighted by atomic mass is 10.4. The van der Waals surface area contributed by atoms with Gasteiger partial charge in [0.25, 0.3) is 0 Å². The zero-order chi connectivity index (χ0) is 11.4. The standard InChI is InChI=1S/C12H12N4/c1-9-5-3-7-11(13-9)15-16-12-8-4-6-10(2)14-12/h3-8H,1-2H3/b16-15+. The average Bonchev–Trinajstić information content (AvgIpc) is 2.27. The second kappa shape index (κ2) is 4.61. The minimum Gasteiger partial charge on any atom is -0.232 e. The van der Waals surface area contributed by atoms with Crippen molar-refractivity contribution in [3.8, 4) is 0 Å². The molecular formula is C12H12N4. The highest BCUT2D eigenvalue weighted by molar-refractivity contribution is 5.31. The fraction of sp³-hybridized carbons (Fsp3) is 0.167. The fourth-order valence-electron chi connectivity index (χ4n) is 1.27. The third kappa shape index (κ3) is 2.70. The molecule has 16 heavy (non-hydrogen) atoms. The number of hydrogen-bond acceptors (Lipinski definition) is 4. The van der Waals surface area contributed by atoms with Gasteiger partial charge in [-0.25, -0.2) is 9.97 Å². The van der Waals surface area contributed by atoms with Gasteiger partial charge < -0.3 is 0 Å². The van der Waals surface area contributed by atoms with E-state index >= 15 is 0 Å². The van der Waals surface area contributed by atoms with E-state index in [0.29, 0.717) is 11.6 Å². The van der Waals surface area contributed by atoms with E-state index in [2.05, 4.69) is 20.2 Å². The summed E-state index contributed by atoms with van der Waals surface area (Å²) >= 11 is 0. The van der Waals surface area contributed by atoms with E-state index < -0.39 is 0 Å². The molecule has 0 aliphatic heterocycles. The van der Waals surface area contributed by atoms with Crippen molar-refractivity contribution in [1.29, 1.82) is 0 Å². The molecule has 0 bridgehead atoms. The summed E-state index contributed by atoms with van der Waals surface area (Å²) in [4.78, 5) is 8.44. The third-order valence-corrected chi connectivity index (χ3v) is 2.00. The summed E-state index contributed by atoms with van der Waals surface area (Å²) in [5, 5.41) is 8.06. The molecule has 2 aromatic rings. The van der Waals surface area contributed by atoms with E-state index in [9.17, 15) is 0 Å². The highest BCUT2D eigenvalue weighted by Crippen LogP contribution is 2.14. The smallest absolute Gasteiger partial charge is 0.174 e. The molecule has 2 rings (SSSR count). The van der Waals surface area contributed by atoms with Gasteiger partial charge in [-0.2, -0.15) is 0 Å². The molecule has 0 atom stereocenters. The topological polar surface area (TPSA) is 50.5 Å². The first-order valence-electron chi connectivity index (χ1n) is 5.03. The van der Waals surface area contributed by atoms with Crippen molar-refractivity contribution in [3.05, 3.63) is 47.8 Å². The molecule has 0 aromatic carbocycles. The summed E-state index contributed by atoms with van der Waals surface area (Å²) < 4.78 is 0. The van der Waals surface area contributed by atoms with Gasteiger partial charge in [0.15, 0.2) is 11.6 Å². The number of aromatic nitrogens is 2. The van der Waals surface area contributed by atoms with Crippen LogP contribution in [0.4, 0.5) is 11.6 Å². The van der Waals surface area contributed by atoms with Gasteiger partial charge in [0.1, 0.15) is 0 Å². The summed E-state index contributed by atoms with van der Waals surface area (Å²) in [5.41, 5.74) is 1.85. The van der Waals surface area contributed by atoms with Crippen molar-refractivity contribution < 1.29 is 0 Å². The Morgan fingerprint density at radius 2 is 1.19 bits per heavy atom. The number of hydrogen-bond donors (Lipinski definition) is 0. The van der Waals surface area contributed by atoms with Crippen LogP contribution in [0, 0.1) is 13.8 Å². The van der Waals surface area contributed by atoms with Crippen LogP contribution in [0.1, 0.15) is 11.4 Å². The second-order valence-electron chi connectivity index (χ2n) is 3.47. The Bertz CT molecular complexity index is 472. The summed E-state index contributed by atoms with van der Waals surface area (Å²) in [7, 11) is 0. The van der Waals surface area contributed by atoms with Gasteiger partial charge in [-0.3, -0.25) is 0 Å². The van der Waals surface area contributed by atoms with E-state index in [1.54, 1.807) is 0 Å². The van der Waals surface area contributed by atoms with Crippen LogP contribution in [0.25, 0.3) is 0 Å². The summed E-state index contributed by atoms with van der Waals surface area (Å²) in [6.45, 7) is 3.84. The molecule has 0 unspecified atom stereocenters. The molecule has 0 aliphatic rings. The predicted molar refractivity (Wildman–Crippen MR) is 62.1 cm³/mol. The number of aryl methyl sites for hydroxylation is 2. The molecule has 2 aromatic heterocycles. The molecule has 0 amide bonds. The number of pyridine rings is 2. The number of nitrogens with zero attached hydrogens (tertiary/aromatic N) is 4. The van der Waals surface area contributed by atoms with Crippen LogP contribution in [0.15, 0.2) is 46.6 Å². The Morgan fingerprint density at radius 1 is 0.750 bits per heavy atom. The molecule has 4 heteroatoms. The molecule has 80 valence electrons. The van der Waals surface area contributed by atoms with Crippen molar-refractivity contribution >= 4 is 11.6 Å². The van der Waals surface area contributed by atoms with Crippen molar-refractivity contribution in [3.63, 3.8) is 0 Å². The van der Waals surface area contributed by atoms with Crippen molar-refractivity contribution in [2.75, 3.05) is 0 Å². The van der Waals surface area contributed by atoms with Crippen LogP contribution in [-0.4, -0.2) is 9.97 Å². The Labute approximate surface area is 94.1 Å². The molecule has 0 fully saturated rings. The summed E-state index contributed by atoms with van der Waals surface area (Å²) in [6, 6.07) is 11.3. The van der Waals surface area contributed by atoms with Crippen LogP contribution >= 0.6 is 0 Å². The fourth-order valence-corrected chi connectivity index (χ4v) is 1.27. The minimum absolute atomic E-state index is 0.600. The lowest BCUT2D eigenvalue weighted by Crippen LogP contribution is -1.79. The zero-order valence-electron chi connectivity index (χ0n) is 9.25. The van der Waals surface area contributed by atoms with Crippen LogP contribution < -0.4 is 0 Å². The molecule has 4 nitrogen and oxygen atoms in total.